The van der Waals surface area contributed by atoms with Crippen LogP contribution in [0.5, 0.6) is 0 Å². The molecule has 1 aliphatic rings. The number of thioether (sulfide) groups is 1. The molecule has 0 spiro atoms. The van der Waals surface area contributed by atoms with E-state index in [1.54, 1.807) is 18.0 Å². The number of carbonyl (C=O) groups excluding carboxylic acids is 1. The smallest absolute Gasteiger partial charge is 0.254 e. The van der Waals surface area contributed by atoms with Crippen molar-refractivity contribution < 1.29 is 9.32 Å². The van der Waals surface area contributed by atoms with Gasteiger partial charge in [0.2, 0.25) is 0 Å². The second-order valence-electron chi connectivity index (χ2n) is 7.96. The fourth-order valence-electron chi connectivity index (χ4n) is 3.77. The molecule has 0 unspecified atom stereocenters. The second-order valence-corrected chi connectivity index (χ2v) is 8.92. The van der Waals surface area contributed by atoms with Gasteiger partial charge in [0.15, 0.2) is 0 Å². The highest BCUT2D eigenvalue weighted by atomic mass is 32.2. The summed E-state index contributed by atoms with van der Waals surface area (Å²) in [6.07, 6.45) is 6.51. The summed E-state index contributed by atoms with van der Waals surface area (Å²) in [6, 6.07) is 3.65. The van der Waals surface area contributed by atoms with Crippen LogP contribution in [0.15, 0.2) is 27.9 Å². The number of carbonyl (C=O) groups is 1. The lowest BCUT2D eigenvalue weighted by atomic mass is 10.0. The van der Waals surface area contributed by atoms with Gasteiger partial charge >= 0.3 is 0 Å². The molecule has 1 atom stereocenters. The van der Waals surface area contributed by atoms with E-state index in [-0.39, 0.29) is 5.91 Å². The molecule has 0 aromatic carbocycles. The molecule has 0 aliphatic carbocycles. The van der Waals surface area contributed by atoms with E-state index in [9.17, 15) is 4.79 Å². The standard InChI is InChI=1S/C22H32N4O2S/c1-16-8-7-13-26(14-16)12-5-4-10-23-21(27)19-9-6-11-24-22(19)29-15-20-17(2)25-28-18(20)3/h6,9,11,16H,4-5,7-8,10,12-15H2,1-3H3,(H,23,27)/t16-/m0/s1. The van der Waals surface area contributed by atoms with Gasteiger partial charge in [-0.1, -0.05) is 12.1 Å². The molecule has 6 nitrogen and oxygen atoms in total. The Morgan fingerprint density at radius 1 is 1.38 bits per heavy atom. The number of likely N-dealkylation sites (tertiary alicyclic amines) is 1. The molecule has 1 aliphatic heterocycles. The van der Waals surface area contributed by atoms with E-state index in [1.807, 2.05) is 26.0 Å². The van der Waals surface area contributed by atoms with Crippen LogP contribution in [0.25, 0.3) is 0 Å². The summed E-state index contributed by atoms with van der Waals surface area (Å²) in [5, 5.41) is 7.79. The second kappa shape index (κ2) is 10.8. The van der Waals surface area contributed by atoms with Crippen LogP contribution in [0, 0.1) is 19.8 Å². The van der Waals surface area contributed by atoms with E-state index in [1.165, 1.54) is 25.9 Å². The summed E-state index contributed by atoms with van der Waals surface area (Å²) < 4.78 is 5.22. The molecule has 2 aromatic rings. The lowest BCUT2D eigenvalue weighted by molar-refractivity contribution is 0.0948. The fraction of sp³-hybridized carbons (Fsp3) is 0.591. The van der Waals surface area contributed by atoms with Gasteiger partial charge < -0.3 is 14.7 Å². The molecular formula is C22H32N4O2S. The highest BCUT2D eigenvalue weighted by molar-refractivity contribution is 7.98. The van der Waals surface area contributed by atoms with Crippen LogP contribution in [-0.2, 0) is 5.75 Å². The molecular weight excluding hydrogens is 384 g/mol. The molecule has 1 amide bonds. The quantitative estimate of drug-likeness (QED) is 0.487. The minimum absolute atomic E-state index is 0.0500. The van der Waals surface area contributed by atoms with Gasteiger partial charge in [-0.3, -0.25) is 4.79 Å². The van der Waals surface area contributed by atoms with Gasteiger partial charge in [-0.25, -0.2) is 4.98 Å². The van der Waals surface area contributed by atoms with Crippen molar-refractivity contribution in [2.75, 3.05) is 26.2 Å². The van der Waals surface area contributed by atoms with Crippen molar-refractivity contribution >= 4 is 17.7 Å². The Morgan fingerprint density at radius 3 is 3.00 bits per heavy atom. The predicted molar refractivity (Wildman–Crippen MR) is 116 cm³/mol. The first-order valence-electron chi connectivity index (χ1n) is 10.5. The summed E-state index contributed by atoms with van der Waals surface area (Å²) in [5.74, 6) is 2.27. The third-order valence-electron chi connectivity index (χ3n) is 5.48. The SMILES string of the molecule is Cc1noc(C)c1CSc1ncccc1C(=O)NCCCCN1CCC[C@H](C)C1. The number of piperidine rings is 1. The van der Waals surface area contributed by atoms with Crippen LogP contribution in [0.2, 0.25) is 0 Å². The van der Waals surface area contributed by atoms with Gasteiger partial charge in [-0.05, 0) is 70.7 Å². The number of aryl methyl sites for hydroxylation is 2. The molecule has 1 N–H and O–H groups in total. The minimum Gasteiger partial charge on any atom is -0.361 e. The van der Waals surface area contributed by atoms with Crippen LogP contribution in [0.1, 0.15) is 60.0 Å². The first-order valence-corrected chi connectivity index (χ1v) is 11.5. The maximum atomic E-state index is 12.7. The van der Waals surface area contributed by atoms with Gasteiger partial charge in [0.25, 0.3) is 5.91 Å². The molecule has 158 valence electrons. The number of pyridine rings is 1. The van der Waals surface area contributed by atoms with Crippen molar-refractivity contribution in [3.8, 4) is 0 Å². The van der Waals surface area contributed by atoms with Crippen LogP contribution in [-0.4, -0.2) is 47.1 Å². The first kappa shape index (κ1) is 21.8. The van der Waals surface area contributed by atoms with E-state index in [0.717, 1.165) is 47.3 Å². The summed E-state index contributed by atoms with van der Waals surface area (Å²) in [7, 11) is 0. The van der Waals surface area contributed by atoms with Gasteiger partial charge in [0, 0.05) is 30.6 Å². The molecule has 29 heavy (non-hydrogen) atoms. The number of hydrogen-bond donors (Lipinski definition) is 1. The molecule has 0 radical (unpaired) electrons. The first-order chi connectivity index (χ1) is 14.0. The third kappa shape index (κ3) is 6.31. The fourth-order valence-corrected chi connectivity index (χ4v) is 4.92. The predicted octanol–water partition coefficient (Wildman–Crippen LogP) is 4.22. The van der Waals surface area contributed by atoms with E-state index in [2.05, 4.69) is 27.3 Å². The van der Waals surface area contributed by atoms with Crippen LogP contribution in [0.4, 0.5) is 0 Å². The van der Waals surface area contributed by atoms with Gasteiger partial charge in [-0.15, -0.1) is 11.8 Å². The number of rotatable bonds is 9. The van der Waals surface area contributed by atoms with E-state index >= 15 is 0 Å². The number of aromatic nitrogens is 2. The maximum Gasteiger partial charge on any atom is 0.254 e. The van der Waals surface area contributed by atoms with Crippen molar-refractivity contribution in [2.45, 2.75) is 57.2 Å². The Hall–Kier alpha value is -1.86. The average molecular weight is 417 g/mol. The zero-order valence-corrected chi connectivity index (χ0v) is 18.6. The van der Waals surface area contributed by atoms with Crippen LogP contribution < -0.4 is 5.32 Å². The normalized spacial score (nSPS) is 17.4. The molecule has 3 rings (SSSR count). The summed E-state index contributed by atoms with van der Waals surface area (Å²) >= 11 is 1.55. The zero-order chi connectivity index (χ0) is 20.6. The molecule has 0 saturated carbocycles. The Kier molecular flexibility index (Phi) is 8.12. The minimum atomic E-state index is -0.0500. The Balaban J connectivity index is 1.44. The highest BCUT2D eigenvalue weighted by Gasteiger charge is 2.17. The topological polar surface area (TPSA) is 71.3 Å². The van der Waals surface area contributed by atoms with Gasteiger partial charge in [0.1, 0.15) is 10.8 Å². The van der Waals surface area contributed by atoms with Gasteiger partial charge in [0.05, 0.1) is 11.3 Å². The van der Waals surface area contributed by atoms with E-state index < -0.39 is 0 Å². The van der Waals surface area contributed by atoms with Gasteiger partial charge in [-0.2, -0.15) is 0 Å². The molecule has 0 bridgehead atoms. The summed E-state index contributed by atoms with van der Waals surface area (Å²) in [4.78, 5) is 19.6. The Bertz CT molecular complexity index is 788. The highest BCUT2D eigenvalue weighted by Crippen LogP contribution is 2.27. The maximum absolute atomic E-state index is 12.7. The third-order valence-corrected chi connectivity index (χ3v) is 6.51. The molecule has 3 heterocycles. The molecule has 1 fully saturated rings. The van der Waals surface area contributed by atoms with Crippen molar-refractivity contribution in [3.63, 3.8) is 0 Å². The number of amides is 1. The summed E-state index contributed by atoms with van der Waals surface area (Å²) in [6.45, 7) is 10.4. The van der Waals surface area contributed by atoms with Crippen molar-refractivity contribution in [1.29, 1.82) is 0 Å². The monoisotopic (exact) mass is 416 g/mol. The van der Waals surface area contributed by atoms with Crippen molar-refractivity contribution in [3.05, 3.63) is 40.9 Å². The number of unbranched alkanes of at least 4 members (excludes halogenated alkanes) is 1. The molecule has 7 heteroatoms. The van der Waals surface area contributed by atoms with Crippen molar-refractivity contribution in [2.24, 2.45) is 5.92 Å². The van der Waals surface area contributed by atoms with Crippen molar-refractivity contribution in [1.82, 2.24) is 20.4 Å². The average Bonchev–Trinajstić information content (AvgIpc) is 3.04. The molecule has 1 saturated heterocycles. The van der Waals surface area contributed by atoms with Crippen LogP contribution >= 0.6 is 11.8 Å². The Morgan fingerprint density at radius 2 is 2.24 bits per heavy atom. The summed E-state index contributed by atoms with van der Waals surface area (Å²) in [5.41, 5.74) is 2.59. The number of nitrogens with one attached hydrogen (secondary N) is 1. The number of hydrogen-bond acceptors (Lipinski definition) is 6. The Labute approximate surface area is 177 Å². The molecule has 2 aromatic heterocycles. The van der Waals surface area contributed by atoms with E-state index in [4.69, 9.17) is 4.52 Å². The number of nitrogens with zero attached hydrogens (tertiary/aromatic N) is 3. The zero-order valence-electron chi connectivity index (χ0n) is 17.7. The lowest BCUT2D eigenvalue weighted by Crippen LogP contribution is -2.35. The largest absolute Gasteiger partial charge is 0.361 e. The lowest BCUT2D eigenvalue weighted by Gasteiger charge is -2.30. The van der Waals surface area contributed by atoms with E-state index in [0.29, 0.717) is 17.9 Å². The van der Waals surface area contributed by atoms with Crippen LogP contribution in [0.3, 0.4) is 0 Å².